The van der Waals surface area contributed by atoms with Gasteiger partial charge in [0, 0.05) is 37.3 Å². The molecule has 0 atom stereocenters. The minimum atomic E-state index is 0. The molecule has 1 radical (unpaired) electrons. The quantitative estimate of drug-likeness (QED) is 0.415. The fourth-order valence-corrected chi connectivity index (χ4v) is 2.56. The van der Waals surface area contributed by atoms with E-state index in [0.29, 0.717) is 0 Å². The van der Waals surface area contributed by atoms with Gasteiger partial charge in [-0.15, -0.1) is 5.56 Å². The van der Waals surface area contributed by atoms with Crippen LogP contribution in [0.2, 0.25) is 0 Å². The smallest absolute Gasteiger partial charge is 0.181 e. The van der Waals surface area contributed by atoms with E-state index in [9.17, 15) is 0 Å². The van der Waals surface area contributed by atoms with Gasteiger partial charge in [0.2, 0.25) is 0 Å². The van der Waals surface area contributed by atoms with Crippen molar-refractivity contribution in [3.63, 3.8) is 0 Å². The predicted octanol–water partition coefficient (Wildman–Crippen LogP) is 4.35. The topological polar surface area (TPSA) is 38.9 Å². The van der Waals surface area contributed by atoms with Crippen molar-refractivity contribution < 1.29 is 24.5 Å². The van der Waals surface area contributed by atoms with Gasteiger partial charge < -0.3 is 4.42 Å². The van der Waals surface area contributed by atoms with Gasteiger partial charge >= 0.3 is 0 Å². The number of nitrogens with zero attached hydrogens (tertiary/aromatic N) is 2. The van der Waals surface area contributed by atoms with Crippen molar-refractivity contribution >= 4 is 10.9 Å². The Morgan fingerprint density at radius 2 is 1.95 bits per heavy atom. The van der Waals surface area contributed by atoms with Crippen molar-refractivity contribution in [2.24, 2.45) is 0 Å². The van der Waals surface area contributed by atoms with Gasteiger partial charge in [0.1, 0.15) is 0 Å². The molecule has 3 nitrogen and oxygen atoms in total. The number of aromatic nitrogens is 2. The number of benzene rings is 2. The Hall–Kier alpha value is -2.29. The second kappa shape index (κ2) is 6.22. The summed E-state index contributed by atoms with van der Waals surface area (Å²) >= 11 is 0. The first-order valence-electron chi connectivity index (χ1n) is 6.66. The molecule has 0 amide bonds. The number of rotatable bonds is 2. The molecule has 2 aromatic carbocycles. The molecular weight excluding hydrogens is 452 g/mol. The van der Waals surface area contributed by atoms with Gasteiger partial charge in [0.25, 0.3) is 0 Å². The van der Waals surface area contributed by atoms with Crippen molar-refractivity contribution in [2.45, 2.75) is 0 Å². The monoisotopic (exact) mass is 464 g/mol. The van der Waals surface area contributed by atoms with Gasteiger partial charge in [-0.3, -0.25) is 4.98 Å². The number of oxazole rings is 1. The molecule has 22 heavy (non-hydrogen) atoms. The normalized spacial score (nSPS) is 10.4. The van der Waals surface area contributed by atoms with E-state index in [1.807, 2.05) is 36.4 Å². The second-order valence-corrected chi connectivity index (χ2v) is 4.72. The Morgan fingerprint density at radius 3 is 2.73 bits per heavy atom. The van der Waals surface area contributed by atoms with Crippen molar-refractivity contribution in [1.82, 2.24) is 9.97 Å². The summed E-state index contributed by atoms with van der Waals surface area (Å²) in [5.41, 5.74) is 4.16. The van der Waals surface area contributed by atoms with Gasteiger partial charge in [0.05, 0.1) is 11.7 Å². The molecule has 0 unspecified atom stereocenters. The van der Waals surface area contributed by atoms with Crippen molar-refractivity contribution in [3.05, 3.63) is 73.4 Å². The summed E-state index contributed by atoms with van der Waals surface area (Å²) in [6.45, 7) is 0. The minimum absolute atomic E-state index is 0. The molecule has 0 aliphatic rings. The van der Waals surface area contributed by atoms with Crippen molar-refractivity contribution in [2.75, 3.05) is 0 Å². The van der Waals surface area contributed by atoms with E-state index in [0.717, 1.165) is 33.4 Å². The molecule has 0 fully saturated rings. The molecule has 0 bridgehead atoms. The van der Waals surface area contributed by atoms with Crippen LogP contribution in [0.1, 0.15) is 0 Å². The van der Waals surface area contributed by atoms with E-state index in [2.05, 4.69) is 28.2 Å². The van der Waals surface area contributed by atoms with Crippen LogP contribution in [0, 0.1) is 6.07 Å². The number of fused-ring (bicyclic) bond motifs is 1. The fraction of sp³-hybridized carbons (Fsp3) is 0. The van der Waals surface area contributed by atoms with Gasteiger partial charge in [-0.05, 0) is 12.1 Å². The van der Waals surface area contributed by atoms with Crippen LogP contribution in [-0.2, 0) is 20.1 Å². The van der Waals surface area contributed by atoms with Gasteiger partial charge in [-0.1, -0.05) is 17.7 Å². The van der Waals surface area contributed by atoms with Crippen LogP contribution in [-0.4, -0.2) is 9.97 Å². The van der Waals surface area contributed by atoms with E-state index in [1.54, 1.807) is 12.4 Å². The van der Waals surface area contributed by atoms with Crippen LogP contribution in [0.25, 0.3) is 33.4 Å². The van der Waals surface area contributed by atoms with Crippen LogP contribution in [0.3, 0.4) is 0 Å². The zero-order valence-corrected chi connectivity index (χ0v) is 13.9. The Balaban J connectivity index is 0.00000144. The van der Waals surface area contributed by atoms with Gasteiger partial charge in [-0.25, -0.2) is 4.98 Å². The SMILES string of the molecule is [Ir].[c-]1cccc(-c2cccc3nccc(-c4cnco4)c23)c1. The zero-order valence-electron chi connectivity index (χ0n) is 11.5. The second-order valence-electron chi connectivity index (χ2n) is 4.72. The maximum absolute atomic E-state index is 5.47. The molecular formula is C18H11IrN2O-. The van der Waals surface area contributed by atoms with Crippen LogP contribution in [0.4, 0.5) is 0 Å². The van der Waals surface area contributed by atoms with E-state index in [-0.39, 0.29) is 20.1 Å². The first-order chi connectivity index (χ1) is 10.4. The van der Waals surface area contributed by atoms with E-state index in [1.165, 1.54) is 6.39 Å². The van der Waals surface area contributed by atoms with E-state index < -0.39 is 0 Å². The van der Waals surface area contributed by atoms with Crippen LogP contribution in [0.5, 0.6) is 0 Å². The maximum atomic E-state index is 5.47. The first-order valence-corrected chi connectivity index (χ1v) is 6.66. The third-order valence-electron chi connectivity index (χ3n) is 3.48. The summed E-state index contributed by atoms with van der Waals surface area (Å²) in [5.74, 6) is 0.745. The van der Waals surface area contributed by atoms with Gasteiger partial charge in [-0.2, -0.15) is 30.3 Å². The van der Waals surface area contributed by atoms with Crippen molar-refractivity contribution in [1.29, 1.82) is 0 Å². The number of hydrogen-bond donors (Lipinski definition) is 0. The maximum Gasteiger partial charge on any atom is 0.181 e. The summed E-state index contributed by atoms with van der Waals surface area (Å²) in [7, 11) is 0. The molecule has 4 aromatic rings. The Morgan fingerprint density at radius 1 is 1.00 bits per heavy atom. The fourth-order valence-electron chi connectivity index (χ4n) is 2.56. The average molecular weight is 464 g/mol. The van der Waals surface area contributed by atoms with E-state index >= 15 is 0 Å². The van der Waals surface area contributed by atoms with Crippen LogP contribution >= 0.6 is 0 Å². The Bertz CT molecular complexity index is 884. The standard InChI is InChI=1S/C18H11N2O.Ir/c1-2-5-13(6-3-1)14-7-4-8-16-18(14)15(9-10-20-16)17-11-19-12-21-17;/h1-2,4-12H;/q-1;. The summed E-state index contributed by atoms with van der Waals surface area (Å²) in [6, 6.07) is 19.1. The molecule has 2 aromatic heterocycles. The molecule has 2 heterocycles. The summed E-state index contributed by atoms with van der Waals surface area (Å²) in [4.78, 5) is 8.48. The first kappa shape index (κ1) is 14.6. The average Bonchev–Trinajstić information content (AvgIpc) is 3.09. The van der Waals surface area contributed by atoms with Gasteiger partial charge in [0.15, 0.2) is 12.2 Å². The molecule has 4 rings (SSSR count). The molecule has 109 valence electrons. The third-order valence-corrected chi connectivity index (χ3v) is 3.48. The predicted molar refractivity (Wildman–Crippen MR) is 81.5 cm³/mol. The molecule has 4 heteroatoms. The molecule has 0 saturated heterocycles. The van der Waals surface area contributed by atoms with Crippen LogP contribution in [0.15, 0.2) is 71.7 Å². The summed E-state index contributed by atoms with van der Waals surface area (Å²) in [5, 5.41) is 1.07. The van der Waals surface area contributed by atoms with Crippen LogP contribution < -0.4 is 0 Å². The molecule has 0 aliphatic carbocycles. The van der Waals surface area contributed by atoms with E-state index in [4.69, 9.17) is 4.42 Å². The number of hydrogen-bond acceptors (Lipinski definition) is 3. The Labute approximate surface area is 141 Å². The third kappa shape index (κ3) is 2.47. The Kier molecular flexibility index (Phi) is 4.14. The van der Waals surface area contributed by atoms with Crippen molar-refractivity contribution in [3.8, 4) is 22.5 Å². The number of pyridine rings is 1. The summed E-state index contributed by atoms with van der Waals surface area (Å²) in [6.07, 6.45) is 4.96. The summed E-state index contributed by atoms with van der Waals surface area (Å²) < 4.78 is 5.47. The minimum Gasteiger partial charge on any atom is -0.443 e. The molecule has 0 N–H and O–H groups in total. The molecule has 0 saturated carbocycles. The molecule has 0 spiro atoms. The zero-order chi connectivity index (χ0) is 14.1. The molecule has 0 aliphatic heterocycles. The largest absolute Gasteiger partial charge is 0.443 e.